The number of benzene rings is 2. The number of aliphatic hydroxyl groups is 1. The van der Waals surface area contributed by atoms with E-state index >= 15 is 0 Å². The number of amides is 1. The number of anilines is 1. The zero-order valence-electron chi connectivity index (χ0n) is 20.4. The van der Waals surface area contributed by atoms with Gasteiger partial charge in [0.15, 0.2) is 21.5 Å². The molecule has 206 valence electrons. The Labute approximate surface area is 226 Å². The summed E-state index contributed by atoms with van der Waals surface area (Å²) in [5.41, 5.74) is -2.60. The van der Waals surface area contributed by atoms with Gasteiger partial charge in [-0.1, -0.05) is 11.6 Å². The Morgan fingerprint density at radius 1 is 1.08 bits per heavy atom. The highest BCUT2D eigenvalue weighted by atomic mass is 35.5. The van der Waals surface area contributed by atoms with Crippen LogP contribution in [-0.2, 0) is 16.4 Å². The molecule has 2 bridgehead atoms. The second-order valence-corrected chi connectivity index (χ2v) is 12.7. The number of carbonyl (C=O) groups excluding carboxylic acids is 1. The van der Waals surface area contributed by atoms with Crippen LogP contribution in [0.5, 0.6) is 0 Å². The summed E-state index contributed by atoms with van der Waals surface area (Å²) in [6, 6.07) is 7.77. The molecule has 0 spiro atoms. The van der Waals surface area contributed by atoms with Gasteiger partial charge in [-0.2, -0.15) is 0 Å². The van der Waals surface area contributed by atoms with Crippen molar-refractivity contribution in [2.75, 3.05) is 5.32 Å². The minimum Gasteiger partial charge on any atom is -0.387 e. The van der Waals surface area contributed by atoms with Crippen LogP contribution in [0.3, 0.4) is 0 Å². The molecule has 0 radical (unpaired) electrons. The van der Waals surface area contributed by atoms with Crippen LogP contribution in [0.15, 0.2) is 63.1 Å². The Morgan fingerprint density at radius 3 is 2.41 bits per heavy atom. The summed E-state index contributed by atoms with van der Waals surface area (Å²) in [6.07, 6.45) is 2.67. The summed E-state index contributed by atoms with van der Waals surface area (Å²) in [5, 5.41) is 13.0. The number of nitrogens with zero attached hydrogens (tertiary/aromatic N) is 1. The molecule has 3 unspecified atom stereocenters. The van der Waals surface area contributed by atoms with Crippen LogP contribution in [-0.4, -0.2) is 39.8 Å². The molecule has 39 heavy (non-hydrogen) atoms. The van der Waals surface area contributed by atoms with Crippen molar-refractivity contribution in [2.45, 2.75) is 48.0 Å². The fraction of sp³-hybridized carbons (Fsp3) is 0.346. The molecule has 3 aromatic rings. The van der Waals surface area contributed by atoms with Crippen molar-refractivity contribution in [3.63, 3.8) is 0 Å². The van der Waals surface area contributed by atoms with Gasteiger partial charge in [0.1, 0.15) is 0 Å². The maximum absolute atomic E-state index is 13.7. The molecule has 13 heteroatoms. The summed E-state index contributed by atoms with van der Waals surface area (Å²) in [6.45, 7) is -0.0783. The predicted octanol–water partition coefficient (Wildman–Crippen LogP) is 3.11. The van der Waals surface area contributed by atoms with E-state index in [1.807, 2.05) is 0 Å². The highest BCUT2D eigenvalue weighted by Gasteiger charge is 2.56. The van der Waals surface area contributed by atoms with Gasteiger partial charge in [0.2, 0.25) is 0 Å². The normalized spacial score (nSPS) is 24.5. The minimum absolute atomic E-state index is 0.0111. The molecule has 4 atom stereocenters. The number of nitrogens with one attached hydrogen (secondary N) is 2. The van der Waals surface area contributed by atoms with Crippen molar-refractivity contribution in [1.82, 2.24) is 9.55 Å². The molecule has 3 N–H and O–H groups in total. The fourth-order valence-corrected chi connectivity index (χ4v) is 8.18. The van der Waals surface area contributed by atoms with E-state index in [1.54, 1.807) is 0 Å². The highest BCUT2D eigenvalue weighted by Crippen LogP contribution is 2.52. The SMILES string of the molecule is O=C(Nc1ccc(F)c(F)c1)c1ccc(Cl)c(S(=O)(=O)C2CC3CC[C@@H](C2)C3(O)Cn2ccc(=O)[nH]c2=O)c1. The molecule has 1 amide bonds. The number of carbonyl (C=O) groups is 1. The van der Waals surface area contributed by atoms with E-state index in [0.717, 1.165) is 18.2 Å². The average Bonchev–Trinajstić information content (AvgIpc) is 3.04. The van der Waals surface area contributed by atoms with E-state index in [2.05, 4.69) is 10.3 Å². The van der Waals surface area contributed by atoms with Crippen molar-refractivity contribution < 1.29 is 27.1 Å². The van der Waals surface area contributed by atoms with E-state index in [0.29, 0.717) is 12.8 Å². The first-order valence-electron chi connectivity index (χ1n) is 12.2. The zero-order valence-corrected chi connectivity index (χ0v) is 21.9. The van der Waals surface area contributed by atoms with Gasteiger partial charge in [0, 0.05) is 29.6 Å². The number of aromatic nitrogens is 2. The molecule has 2 fully saturated rings. The van der Waals surface area contributed by atoms with Crippen molar-refractivity contribution in [3.8, 4) is 0 Å². The highest BCUT2D eigenvalue weighted by molar-refractivity contribution is 7.92. The summed E-state index contributed by atoms with van der Waals surface area (Å²) in [4.78, 5) is 38.2. The van der Waals surface area contributed by atoms with E-state index < -0.39 is 61.3 Å². The number of H-pyrrole nitrogens is 1. The average molecular weight is 580 g/mol. The van der Waals surface area contributed by atoms with E-state index in [1.165, 1.54) is 35.0 Å². The standard InChI is InChI=1S/C26H24ClF2N3O6S/c27-19-5-1-14(24(34)30-17-4-6-20(28)21(29)12-17)9-22(19)39(37,38)18-10-15-2-3-16(11-18)26(15,36)13-32-8-7-23(33)31-25(32)35/h1,4-9,12,15-16,18,36H,2-3,10-11,13H2,(H,30,34)(H,31,33,35)/t15-,16?,18?,26?/m0/s1. The van der Waals surface area contributed by atoms with E-state index in [-0.39, 0.29) is 40.6 Å². The Bertz CT molecular complexity index is 1680. The minimum atomic E-state index is -4.05. The summed E-state index contributed by atoms with van der Waals surface area (Å²) in [7, 11) is -4.05. The fourth-order valence-electron chi connectivity index (χ4n) is 5.78. The maximum Gasteiger partial charge on any atom is 0.328 e. The van der Waals surface area contributed by atoms with E-state index in [4.69, 9.17) is 11.6 Å². The van der Waals surface area contributed by atoms with Gasteiger partial charge in [0.05, 0.1) is 27.3 Å². The van der Waals surface area contributed by atoms with Gasteiger partial charge in [-0.25, -0.2) is 22.0 Å². The van der Waals surface area contributed by atoms with Gasteiger partial charge in [0.25, 0.3) is 11.5 Å². The van der Waals surface area contributed by atoms with Crippen LogP contribution in [0.4, 0.5) is 14.5 Å². The lowest BCUT2D eigenvalue weighted by molar-refractivity contribution is -0.0722. The monoisotopic (exact) mass is 579 g/mol. The number of aromatic amines is 1. The maximum atomic E-state index is 13.7. The molecule has 0 aliphatic heterocycles. The molecule has 2 saturated carbocycles. The lowest BCUT2D eigenvalue weighted by Gasteiger charge is -2.42. The molecule has 2 aliphatic carbocycles. The van der Waals surface area contributed by atoms with Gasteiger partial charge >= 0.3 is 5.69 Å². The van der Waals surface area contributed by atoms with Crippen LogP contribution < -0.4 is 16.6 Å². The van der Waals surface area contributed by atoms with Gasteiger partial charge in [-0.15, -0.1) is 0 Å². The summed E-state index contributed by atoms with van der Waals surface area (Å²) in [5.74, 6) is -3.81. The number of sulfone groups is 1. The molecule has 5 rings (SSSR count). The largest absolute Gasteiger partial charge is 0.387 e. The molecule has 2 aromatic carbocycles. The number of fused-ring (bicyclic) bond motifs is 2. The first-order valence-corrected chi connectivity index (χ1v) is 14.1. The zero-order chi connectivity index (χ0) is 28.1. The Hall–Kier alpha value is -3.35. The molecular weight excluding hydrogens is 556 g/mol. The third-order valence-electron chi connectivity index (χ3n) is 7.81. The van der Waals surface area contributed by atoms with Gasteiger partial charge in [-0.3, -0.25) is 19.1 Å². The Morgan fingerprint density at radius 2 is 1.77 bits per heavy atom. The van der Waals surface area contributed by atoms with E-state index in [9.17, 15) is 36.7 Å². The number of hydrogen-bond donors (Lipinski definition) is 3. The van der Waals surface area contributed by atoms with Gasteiger partial charge in [-0.05, 0) is 67.9 Å². The van der Waals surface area contributed by atoms with Crippen LogP contribution in [0.2, 0.25) is 5.02 Å². The molecule has 1 aromatic heterocycles. The number of hydrogen-bond acceptors (Lipinski definition) is 6. The summed E-state index contributed by atoms with van der Waals surface area (Å²) < 4.78 is 55.4. The topological polar surface area (TPSA) is 138 Å². The summed E-state index contributed by atoms with van der Waals surface area (Å²) >= 11 is 6.27. The van der Waals surface area contributed by atoms with Crippen LogP contribution in [0.1, 0.15) is 36.0 Å². The lowest BCUT2D eigenvalue weighted by atomic mass is 9.74. The number of halogens is 3. The first kappa shape index (κ1) is 27.2. The number of rotatable bonds is 6. The van der Waals surface area contributed by atoms with Crippen molar-refractivity contribution >= 4 is 33.0 Å². The molecule has 2 aliphatic rings. The van der Waals surface area contributed by atoms with Crippen molar-refractivity contribution in [2.24, 2.45) is 11.8 Å². The molecule has 9 nitrogen and oxygen atoms in total. The van der Waals surface area contributed by atoms with Crippen LogP contribution in [0.25, 0.3) is 0 Å². The lowest BCUT2D eigenvalue weighted by Crippen LogP contribution is -2.52. The molecule has 1 heterocycles. The van der Waals surface area contributed by atoms with Crippen molar-refractivity contribution in [1.29, 1.82) is 0 Å². The second kappa shape index (κ2) is 10.00. The first-order chi connectivity index (χ1) is 18.4. The molecule has 0 saturated heterocycles. The second-order valence-electron chi connectivity index (χ2n) is 10.1. The van der Waals surface area contributed by atoms with Crippen molar-refractivity contribution in [3.05, 3.63) is 91.7 Å². The Balaban J connectivity index is 1.38. The Kier molecular flexibility index (Phi) is 6.98. The van der Waals surface area contributed by atoms with Crippen LogP contribution in [0, 0.1) is 23.5 Å². The third kappa shape index (κ3) is 5.04. The third-order valence-corrected chi connectivity index (χ3v) is 10.5. The molecular formula is C26H24ClF2N3O6S. The predicted molar refractivity (Wildman–Crippen MR) is 138 cm³/mol. The van der Waals surface area contributed by atoms with Crippen LogP contribution >= 0.6 is 11.6 Å². The quantitative estimate of drug-likeness (QED) is 0.410. The van der Waals surface area contributed by atoms with Gasteiger partial charge < -0.3 is 10.4 Å². The smallest absolute Gasteiger partial charge is 0.328 e.